The van der Waals surface area contributed by atoms with Crippen molar-refractivity contribution in [1.29, 1.82) is 0 Å². The van der Waals surface area contributed by atoms with Crippen molar-refractivity contribution in [2.24, 2.45) is 5.73 Å². The number of ether oxygens (including phenoxy) is 3. The maximum atomic E-state index is 14.7. The predicted molar refractivity (Wildman–Crippen MR) is 123 cm³/mol. The number of rotatable bonds is 9. The number of carbonyl (C=O) groups excluding carboxylic acids is 2. The van der Waals surface area contributed by atoms with Crippen LogP contribution in [0.3, 0.4) is 0 Å². The van der Waals surface area contributed by atoms with Crippen LogP contribution in [0.2, 0.25) is 0 Å². The van der Waals surface area contributed by atoms with Crippen LogP contribution >= 0.6 is 0 Å². The third-order valence-electron chi connectivity index (χ3n) is 5.13. The van der Waals surface area contributed by atoms with E-state index >= 15 is 0 Å². The van der Waals surface area contributed by atoms with Gasteiger partial charge in [-0.15, -0.1) is 0 Å². The molecule has 0 saturated heterocycles. The molecule has 2 N–H and O–H groups in total. The quantitative estimate of drug-likeness (QED) is 0.312. The molecular weight excluding hydrogens is 482 g/mol. The summed E-state index contributed by atoms with van der Waals surface area (Å²) >= 11 is 0. The number of halogens is 4. The number of hydrogen-bond donors (Lipinski definition) is 1. The fourth-order valence-electron chi connectivity index (χ4n) is 3.38. The van der Waals surface area contributed by atoms with E-state index in [1.54, 1.807) is 13.8 Å². The Morgan fingerprint density at radius 2 is 1.64 bits per heavy atom. The Morgan fingerprint density at radius 1 is 0.972 bits per heavy atom. The largest absolute Gasteiger partial charge is 0.482 e. The molecule has 0 aliphatic rings. The van der Waals surface area contributed by atoms with Gasteiger partial charge < -0.3 is 19.9 Å². The van der Waals surface area contributed by atoms with Crippen LogP contribution in [-0.4, -0.2) is 25.1 Å². The summed E-state index contributed by atoms with van der Waals surface area (Å²) in [5.41, 5.74) is 5.80. The average Bonchev–Trinajstić information content (AvgIpc) is 2.82. The van der Waals surface area contributed by atoms with Crippen molar-refractivity contribution < 1.29 is 41.4 Å². The van der Waals surface area contributed by atoms with Gasteiger partial charge in [-0.1, -0.05) is 18.2 Å². The molecule has 0 aromatic heterocycles. The number of aryl methyl sites for hydroxylation is 1. The Hall–Kier alpha value is -4.08. The third-order valence-corrected chi connectivity index (χ3v) is 5.13. The predicted octanol–water partition coefficient (Wildman–Crippen LogP) is 5.37. The lowest BCUT2D eigenvalue weighted by Crippen LogP contribution is -2.27. The van der Waals surface area contributed by atoms with Crippen molar-refractivity contribution in [2.45, 2.75) is 26.1 Å². The van der Waals surface area contributed by atoms with E-state index in [4.69, 9.17) is 19.9 Å². The highest BCUT2D eigenvalue weighted by Gasteiger charge is 2.30. The van der Waals surface area contributed by atoms with Gasteiger partial charge in [0.15, 0.2) is 6.61 Å². The standard InChI is InChI=1S/C26H23F4NO5/c1-3-34-23(32)14-35-22-11-9-19(12-15(22)2)36-24(25(31)33)20-13-17(6-10-21(20)27)16-4-7-18(8-5-16)26(28,29)30/h4-13,24H,3,14H2,1-2H3,(H2,31,33). The van der Waals surface area contributed by atoms with Crippen LogP contribution < -0.4 is 15.2 Å². The molecule has 0 aliphatic heterocycles. The van der Waals surface area contributed by atoms with E-state index in [0.29, 0.717) is 22.4 Å². The molecule has 0 heterocycles. The van der Waals surface area contributed by atoms with Crippen molar-refractivity contribution in [3.63, 3.8) is 0 Å². The molecule has 36 heavy (non-hydrogen) atoms. The molecule has 1 atom stereocenters. The smallest absolute Gasteiger partial charge is 0.416 e. The van der Waals surface area contributed by atoms with Gasteiger partial charge in [0, 0.05) is 5.56 Å². The molecule has 10 heteroatoms. The van der Waals surface area contributed by atoms with Crippen LogP contribution in [0.5, 0.6) is 11.5 Å². The van der Waals surface area contributed by atoms with Gasteiger partial charge in [0.25, 0.3) is 5.91 Å². The first-order valence-corrected chi connectivity index (χ1v) is 10.8. The van der Waals surface area contributed by atoms with Gasteiger partial charge in [0.1, 0.15) is 17.3 Å². The summed E-state index contributed by atoms with van der Waals surface area (Å²) in [5, 5.41) is 0. The summed E-state index contributed by atoms with van der Waals surface area (Å²) in [4.78, 5) is 23.7. The number of alkyl halides is 3. The minimum atomic E-state index is -4.49. The molecule has 0 saturated carbocycles. The first-order chi connectivity index (χ1) is 17.0. The van der Waals surface area contributed by atoms with Gasteiger partial charge >= 0.3 is 12.1 Å². The molecule has 3 aromatic carbocycles. The monoisotopic (exact) mass is 505 g/mol. The zero-order valence-electron chi connectivity index (χ0n) is 19.4. The highest BCUT2D eigenvalue weighted by molar-refractivity contribution is 5.81. The zero-order valence-corrected chi connectivity index (χ0v) is 19.4. The molecule has 0 spiro atoms. The topological polar surface area (TPSA) is 87.8 Å². The molecule has 0 aliphatic carbocycles. The Kier molecular flexibility index (Phi) is 8.18. The molecule has 3 aromatic rings. The number of benzene rings is 3. The number of esters is 1. The molecule has 1 unspecified atom stereocenters. The van der Waals surface area contributed by atoms with Gasteiger partial charge in [-0.2, -0.15) is 13.2 Å². The van der Waals surface area contributed by atoms with Crippen molar-refractivity contribution in [1.82, 2.24) is 0 Å². The van der Waals surface area contributed by atoms with Crippen LogP contribution in [-0.2, 0) is 20.5 Å². The van der Waals surface area contributed by atoms with E-state index in [1.165, 1.54) is 42.5 Å². The fraction of sp³-hybridized carbons (Fsp3) is 0.231. The Bertz CT molecular complexity index is 1240. The molecule has 0 bridgehead atoms. The van der Waals surface area contributed by atoms with Crippen LogP contribution in [0.15, 0.2) is 60.7 Å². The van der Waals surface area contributed by atoms with Gasteiger partial charge in [-0.05, 0) is 73.0 Å². The van der Waals surface area contributed by atoms with E-state index in [1.807, 2.05) is 0 Å². The number of carbonyl (C=O) groups is 2. The number of primary amides is 1. The summed E-state index contributed by atoms with van der Waals surface area (Å²) in [6, 6.07) is 12.6. The van der Waals surface area contributed by atoms with E-state index in [9.17, 15) is 27.2 Å². The second-order valence-electron chi connectivity index (χ2n) is 7.73. The summed E-state index contributed by atoms with van der Waals surface area (Å²) < 4.78 is 69.2. The summed E-state index contributed by atoms with van der Waals surface area (Å²) in [7, 11) is 0. The van der Waals surface area contributed by atoms with Gasteiger partial charge in [-0.3, -0.25) is 4.79 Å². The maximum absolute atomic E-state index is 14.7. The summed E-state index contributed by atoms with van der Waals surface area (Å²) in [5.74, 6) is -1.73. The minimum absolute atomic E-state index is 0.180. The summed E-state index contributed by atoms with van der Waals surface area (Å²) in [6.07, 6.45) is -6.01. The zero-order chi connectivity index (χ0) is 26.5. The van der Waals surface area contributed by atoms with Crippen LogP contribution in [0.25, 0.3) is 11.1 Å². The molecule has 1 amide bonds. The normalized spacial score (nSPS) is 12.1. The lowest BCUT2D eigenvalue weighted by molar-refractivity contribution is -0.145. The molecule has 6 nitrogen and oxygen atoms in total. The SMILES string of the molecule is CCOC(=O)COc1ccc(OC(C(N)=O)c2cc(-c3ccc(C(F)(F)F)cc3)ccc2F)cc1C. The van der Waals surface area contributed by atoms with Crippen LogP contribution in [0.1, 0.15) is 29.7 Å². The van der Waals surface area contributed by atoms with E-state index in [2.05, 4.69) is 0 Å². The highest BCUT2D eigenvalue weighted by atomic mass is 19.4. The first kappa shape index (κ1) is 26.5. The van der Waals surface area contributed by atoms with E-state index < -0.39 is 35.5 Å². The van der Waals surface area contributed by atoms with Gasteiger partial charge in [0.2, 0.25) is 6.10 Å². The lowest BCUT2D eigenvalue weighted by Gasteiger charge is -2.19. The number of nitrogens with two attached hydrogens (primary N) is 1. The van der Waals surface area contributed by atoms with Crippen molar-refractivity contribution >= 4 is 11.9 Å². The van der Waals surface area contributed by atoms with Gasteiger partial charge in [0.05, 0.1) is 12.2 Å². The van der Waals surface area contributed by atoms with Gasteiger partial charge in [-0.25, -0.2) is 9.18 Å². The molecular formula is C26H23F4NO5. The number of hydrogen-bond acceptors (Lipinski definition) is 5. The molecule has 190 valence electrons. The second-order valence-corrected chi connectivity index (χ2v) is 7.73. The Morgan fingerprint density at radius 3 is 2.22 bits per heavy atom. The van der Waals surface area contributed by atoms with Crippen molar-refractivity contribution in [3.8, 4) is 22.6 Å². The first-order valence-electron chi connectivity index (χ1n) is 10.8. The molecule has 0 radical (unpaired) electrons. The average molecular weight is 505 g/mol. The van der Waals surface area contributed by atoms with E-state index in [-0.39, 0.29) is 24.5 Å². The van der Waals surface area contributed by atoms with Crippen molar-refractivity contribution in [2.75, 3.05) is 13.2 Å². The van der Waals surface area contributed by atoms with Crippen molar-refractivity contribution in [3.05, 3.63) is 83.2 Å². The summed E-state index contributed by atoms with van der Waals surface area (Å²) in [6.45, 7) is 3.28. The molecule has 0 fully saturated rings. The second kappa shape index (κ2) is 11.1. The Balaban J connectivity index is 1.84. The fourth-order valence-corrected chi connectivity index (χ4v) is 3.38. The highest BCUT2D eigenvalue weighted by Crippen LogP contribution is 2.33. The van der Waals surface area contributed by atoms with Crippen LogP contribution in [0.4, 0.5) is 17.6 Å². The number of amides is 1. The van der Waals surface area contributed by atoms with Crippen LogP contribution in [0, 0.1) is 12.7 Å². The minimum Gasteiger partial charge on any atom is -0.482 e. The maximum Gasteiger partial charge on any atom is 0.416 e. The Labute approximate surface area is 204 Å². The third kappa shape index (κ3) is 6.53. The van der Waals surface area contributed by atoms with E-state index in [0.717, 1.165) is 18.2 Å². The lowest BCUT2D eigenvalue weighted by atomic mass is 9.98. The molecule has 3 rings (SSSR count).